The van der Waals surface area contributed by atoms with E-state index in [4.69, 9.17) is 0 Å². The molecule has 3 saturated carbocycles. The number of carbonyl (C=O) groups is 1. The fourth-order valence-electron chi connectivity index (χ4n) is 3.75. The Morgan fingerprint density at radius 3 is 2.31 bits per heavy atom. The maximum absolute atomic E-state index is 11.0. The second kappa shape index (κ2) is 1.67. The average Bonchev–Trinajstić information content (AvgIpc) is 2.78. The lowest BCUT2D eigenvalue weighted by molar-refractivity contribution is -0.314. The van der Waals surface area contributed by atoms with E-state index in [1.54, 1.807) is 0 Å². The van der Waals surface area contributed by atoms with E-state index in [0.717, 1.165) is 18.8 Å². The van der Waals surface area contributed by atoms with Crippen LogP contribution >= 0.6 is 0 Å². The molecule has 0 radical (unpaired) electrons. The fourth-order valence-corrected chi connectivity index (χ4v) is 3.75. The Labute approximate surface area is 78.3 Å². The highest BCUT2D eigenvalue weighted by Crippen LogP contribution is 2.91. The molecule has 0 aromatic rings. The van der Waals surface area contributed by atoms with Gasteiger partial charge in [0, 0.05) is 11.4 Å². The van der Waals surface area contributed by atoms with Gasteiger partial charge in [0.2, 0.25) is 0 Å². The molecular formula is C11H15O2-. The van der Waals surface area contributed by atoms with E-state index in [0.29, 0.717) is 5.41 Å². The Kier molecular flexibility index (Phi) is 1.00. The molecule has 0 aromatic carbocycles. The SMILES string of the molecule is C[C@@]1(C(=O)[O-])C[C@@]12C[C@]2(C)C1CC1. The molecule has 3 fully saturated rings. The minimum absolute atomic E-state index is 0.153. The molecule has 0 unspecified atom stereocenters. The molecule has 0 aromatic heterocycles. The highest BCUT2D eigenvalue weighted by Gasteiger charge is 2.85. The van der Waals surface area contributed by atoms with Gasteiger partial charge in [0.1, 0.15) is 0 Å². The van der Waals surface area contributed by atoms with Crippen molar-refractivity contribution in [1.82, 2.24) is 0 Å². The molecule has 2 heteroatoms. The van der Waals surface area contributed by atoms with Crippen LogP contribution in [-0.2, 0) is 4.79 Å². The Bertz CT molecular complexity index is 307. The molecule has 0 aliphatic heterocycles. The number of rotatable bonds is 2. The number of carboxylic acids is 1. The van der Waals surface area contributed by atoms with Crippen molar-refractivity contribution < 1.29 is 9.90 Å². The smallest absolute Gasteiger partial charge is 0.0479 e. The Morgan fingerprint density at radius 1 is 1.31 bits per heavy atom. The molecule has 1 spiro atoms. The Hall–Kier alpha value is -0.530. The third-order valence-corrected chi connectivity index (χ3v) is 5.15. The maximum Gasteiger partial charge on any atom is 0.0479 e. The van der Waals surface area contributed by atoms with Gasteiger partial charge in [-0.2, -0.15) is 0 Å². The van der Waals surface area contributed by atoms with Crippen LogP contribution in [0.25, 0.3) is 0 Å². The summed E-state index contributed by atoms with van der Waals surface area (Å²) in [4.78, 5) is 11.0. The number of carboxylic acid groups (broad SMARTS) is 1. The van der Waals surface area contributed by atoms with Gasteiger partial charge >= 0.3 is 0 Å². The third-order valence-electron chi connectivity index (χ3n) is 5.15. The highest BCUT2D eigenvalue weighted by atomic mass is 16.4. The molecule has 0 saturated heterocycles. The van der Waals surface area contributed by atoms with Crippen molar-refractivity contribution >= 4 is 5.97 Å². The predicted octanol–water partition coefficient (Wildman–Crippen LogP) is 0.953. The van der Waals surface area contributed by atoms with Crippen molar-refractivity contribution in [3.8, 4) is 0 Å². The van der Waals surface area contributed by atoms with Crippen molar-refractivity contribution in [3.63, 3.8) is 0 Å². The lowest BCUT2D eigenvalue weighted by Crippen LogP contribution is -2.33. The van der Waals surface area contributed by atoms with Gasteiger partial charge in [0.05, 0.1) is 0 Å². The van der Waals surface area contributed by atoms with E-state index in [9.17, 15) is 9.90 Å². The summed E-state index contributed by atoms with van der Waals surface area (Å²) in [6.07, 6.45) is 4.65. The summed E-state index contributed by atoms with van der Waals surface area (Å²) >= 11 is 0. The van der Waals surface area contributed by atoms with Gasteiger partial charge in [-0.15, -0.1) is 0 Å². The Balaban J connectivity index is 1.87. The van der Waals surface area contributed by atoms with Gasteiger partial charge in [-0.3, -0.25) is 0 Å². The van der Waals surface area contributed by atoms with Crippen LogP contribution in [0.1, 0.15) is 39.5 Å². The number of carbonyl (C=O) groups excluding carboxylic acids is 1. The summed E-state index contributed by atoms with van der Waals surface area (Å²) in [5, 5.41) is 11.0. The minimum Gasteiger partial charge on any atom is -0.550 e. The minimum atomic E-state index is -0.822. The molecule has 2 nitrogen and oxygen atoms in total. The number of hydrogen-bond acceptors (Lipinski definition) is 2. The summed E-state index contributed by atoms with van der Waals surface area (Å²) in [7, 11) is 0. The van der Waals surface area contributed by atoms with Gasteiger partial charge in [0.15, 0.2) is 0 Å². The van der Waals surface area contributed by atoms with Crippen molar-refractivity contribution in [2.24, 2.45) is 22.2 Å². The van der Waals surface area contributed by atoms with Crippen LogP contribution < -0.4 is 5.11 Å². The Morgan fingerprint density at radius 2 is 1.92 bits per heavy atom. The van der Waals surface area contributed by atoms with Gasteiger partial charge in [-0.1, -0.05) is 13.8 Å². The molecule has 0 heterocycles. The first-order valence-electron chi connectivity index (χ1n) is 5.18. The summed E-state index contributed by atoms with van der Waals surface area (Å²) in [5.41, 5.74) is 0.0339. The van der Waals surface area contributed by atoms with Crippen molar-refractivity contribution in [1.29, 1.82) is 0 Å². The monoisotopic (exact) mass is 179 g/mol. The lowest BCUT2D eigenvalue weighted by Gasteiger charge is -2.15. The van der Waals surface area contributed by atoms with E-state index in [1.165, 1.54) is 12.8 Å². The molecule has 3 aliphatic rings. The molecule has 0 N–H and O–H groups in total. The number of aliphatic carboxylic acids is 1. The van der Waals surface area contributed by atoms with E-state index in [2.05, 4.69) is 6.92 Å². The molecule has 3 rings (SSSR count). The van der Waals surface area contributed by atoms with Crippen molar-refractivity contribution in [2.75, 3.05) is 0 Å². The predicted molar refractivity (Wildman–Crippen MR) is 45.6 cm³/mol. The summed E-state index contributed by atoms with van der Waals surface area (Å²) in [6.45, 7) is 4.15. The molecule has 3 atom stereocenters. The zero-order chi connectivity index (χ0) is 9.48. The van der Waals surface area contributed by atoms with Crippen LogP contribution in [0.4, 0.5) is 0 Å². The zero-order valence-corrected chi connectivity index (χ0v) is 8.22. The van der Waals surface area contributed by atoms with Crippen LogP contribution in [0.3, 0.4) is 0 Å². The average molecular weight is 179 g/mol. The van der Waals surface area contributed by atoms with Crippen LogP contribution in [-0.4, -0.2) is 5.97 Å². The lowest BCUT2D eigenvalue weighted by atomic mass is 9.93. The first kappa shape index (κ1) is 7.84. The largest absolute Gasteiger partial charge is 0.550 e. The number of hydrogen-bond donors (Lipinski definition) is 0. The van der Waals surface area contributed by atoms with Crippen LogP contribution in [0.2, 0.25) is 0 Å². The standard InChI is InChI=1S/C11H16O2/c1-9(7-3-4-7)5-11(9)6-10(11,2)8(12)13/h7H,3-6H2,1-2H3,(H,12,13)/p-1/t9-,10+,11-/m1/s1. The van der Waals surface area contributed by atoms with E-state index >= 15 is 0 Å². The second-order valence-electron chi connectivity index (χ2n) is 5.75. The van der Waals surface area contributed by atoms with Crippen molar-refractivity contribution in [3.05, 3.63) is 0 Å². The van der Waals surface area contributed by atoms with Crippen LogP contribution in [0, 0.1) is 22.2 Å². The fraction of sp³-hybridized carbons (Fsp3) is 0.909. The quantitative estimate of drug-likeness (QED) is 0.633. The molecule has 3 aliphatic carbocycles. The van der Waals surface area contributed by atoms with Crippen LogP contribution in [0.5, 0.6) is 0 Å². The van der Waals surface area contributed by atoms with E-state index in [1.807, 2.05) is 6.92 Å². The molecule has 0 bridgehead atoms. The first-order valence-corrected chi connectivity index (χ1v) is 5.18. The van der Waals surface area contributed by atoms with Gasteiger partial charge in [-0.05, 0) is 42.4 Å². The van der Waals surface area contributed by atoms with Gasteiger partial charge < -0.3 is 9.90 Å². The second-order valence-corrected chi connectivity index (χ2v) is 5.75. The van der Waals surface area contributed by atoms with Gasteiger partial charge in [-0.25, -0.2) is 0 Å². The normalized spacial score (nSPS) is 58.0. The molecule has 13 heavy (non-hydrogen) atoms. The van der Waals surface area contributed by atoms with Crippen LogP contribution in [0.15, 0.2) is 0 Å². The van der Waals surface area contributed by atoms with Gasteiger partial charge in [0.25, 0.3) is 0 Å². The topological polar surface area (TPSA) is 40.1 Å². The van der Waals surface area contributed by atoms with Crippen molar-refractivity contribution in [2.45, 2.75) is 39.5 Å². The maximum atomic E-state index is 11.0. The highest BCUT2D eigenvalue weighted by molar-refractivity contribution is 5.79. The summed E-state index contributed by atoms with van der Waals surface area (Å²) in [5.74, 6) is 0.00514. The van der Waals surface area contributed by atoms with E-state index < -0.39 is 11.4 Å². The molecule has 72 valence electrons. The zero-order valence-electron chi connectivity index (χ0n) is 8.22. The van der Waals surface area contributed by atoms with E-state index in [-0.39, 0.29) is 5.41 Å². The molecular weight excluding hydrogens is 164 g/mol. The third kappa shape index (κ3) is 0.628. The summed E-state index contributed by atoms with van der Waals surface area (Å²) in [6, 6.07) is 0. The summed E-state index contributed by atoms with van der Waals surface area (Å²) < 4.78 is 0. The first-order chi connectivity index (χ1) is 5.96. The molecule has 0 amide bonds.